The Balaban J connectivity index is 2.66. The first kappa shape index (κ1) is 16.1. The number of methoxy groups -OCH3 is 1. The second kappa shape index (κ2) is 9.03. The standard InChI is InChI=1S/C17H23NO2/c1-4-5-6-7-10-20-16-9-8-15(11-14(2)13-18)12-17(16)19-3/h8-9,11-12H,4-7,10H2,1-3H3/b14-11-. The van der Waals surface area contributed by atoms with Gasteiger partial charge in [-0.05, 0) is 37.1 Å². The molecule has 0 amide bonds. The molecule has 0 aliphatic carbocycles. The van der Waals surface area contributed by atoms with Crippen LogP contribution >= 0.6 is 0 Å². The molecule has 0 fully saturated rings. The molecule has 0 bridgehead atoms. The van der Waals surface area contributed by atoms with Crippen LogP contribution in [0.3, 0.4) is 0 Å². The van der Waals surface area contributed by atoms with E-state index in [4.69, 9.17) is 14.7 Å². The summed E-state index contributed by atoms with van der Waals surface area (Å²) >= 11 is 0. The maximum Gasteiger partial charge on any atom is 0.161 e. The highest BCUT2D eigenvalue weighted by Gasteiger charge is 2.05. The van der Waals surface area contributed by atoms with Crippen LogP contribution in [0, 0.1) is 11.3 Å². The number of rotatable bonds is 8. The lowest BCUT2D eigenvalue weighted by molar-refractivity contribution is 0.285. The Kier molecular flexibility index (Phi) is 7.27. The van der Waals surface area contributed by atoms with E-state index in [0.29, 0.717) is 17.9 Å². The number of hydrogen-bond donors (Lipinski definition) is 0. The Hall–Kier alpha value is -1.95. The summed E-state index contributed by atoms with van der Waals surface area (Å²) in [5.74, 6) is 1.47. The first-order chi connectivity index (χ1) is 9.71. The maximum atomic E-state index is 8.79. The average molecular weight is 273 g/mol. The molecule has 0 radical (unpaired) electrons. The van der Waals surface area contributed by atoms with Crippen LogP contribution in [0.25, 0.3) is 6.08 Å². The zero-order chi connectivity index (χ0) is 14.8. The van der Waals surface area contributed by atoms with Crippen molar-refractivity contribution in [1.29, 1.82) is 5.26 Å². The summed E-state index contributed by atoms with van der Waals surface area (Å²) in [6.45, 7) is 4.69. The van der Waals surface area contributed by atoms with E-state index in [-0.39, 0.29) is 0 Å². The second-order valence-electron chi connectivity index (χ2n) is 4.76. The Bertz CT molecular complexity index is 486. The minimum Gasteiger partial charge on any atom is -0.493 e. The van der Waals surface area contributed by atoms with Crippen molar-refractivity contribution in [2.24, 2.45) is 0 Å². The largest absolute Gasteiger partial charge is 0.493 e. The van der Waals surface area contributed by atoms with Crippen molar-refractivity contribution in [3.63, 3.8) is 0 Å². The van der Waals surface area contributed by atoms with Gasteiger partial charge in [0.15, 0.2) is 11.5 Å². The number of hydrogen-bond acceptors (Lipinski definition) is 3. The van der Waals surface area contributed by atoms with E-state index in [1.165, 1.54) is 19.3 Å². The van der Waals surface area contributed by atoms with Gasteiger partial charge in [-0.15, -0.1) is 0 Å². The number of allylic oxidation sites excluding steroid dienone is 1. The molecule has 20 heavy (non-hydrogen) atoms. The van der Waals surface area contributed by atoms with Crippen LogP contribution < -0.4 is 9.47 Å². The van der Waals surface area contributed by atoms with Gasteiger partial charge in [-0.3, -0.25) is 0 Å². The summed E-state index contributed by atoms with van der Waals surface area (Å²) < 4.78 is 11.1. The lowest BCUT2D eigenvalue weighted by atomic mass is 10.1. The number of benzene rings is 1. The summed E-state index contributed by atoms with van der Waals surface area (Å²) in [7, 11) is 1.63. The molecule has 0 unspecified atom stereocenters. The third-order valence-corrected chi connectivity index (χ3v) is 3.00. The fraction of sp³-hybridized carbons (Fsp3) is 0.471. The topological polar surface area (TPSA) is 42.2 Å². The molecule has 0 heterocycles. The predicted octanol–water partition coefficient (Wildman–Crippen LogP) is 4.58. The van der Waals surface area contributed by atoms with Gasteiger partial charge in [0.1, 0.15) is 0 Å². The van der Waals surface area contributed by atoms with Crippen LogP contribution in [-0.2, 0) is 0 Å². The van der Waals surface area contributed by atoms with E-state index >= 15 is 0 Å². The highest BCUT2D eigenvalue weighted by Crippen LogP contribution is 2.29. The van der Waals surface area contributed by atoms with Crippen molar-refractivity contribution >= 4 is 6.08 Å². The zero-order valence-electron chi connectivity index (χ0n) is 12.6. The van der Waals surface area contributed by atoms with Gasteiger partial charge in [-0.25, -0.2) is 0 Å². The molecular weight excluding hydrogens is 250 g/mol. The van der Waals surface area contributed by atoms with Gasteiger partial charge in [-0.1, -0.05) is 32.3 Å². The lowest BCUT2D eigenvalue weighted by Gasteiger charge is -2.11. The van der Waals surface area contributed by atoms with Crippen molar-refractivity contribution in [3.8, 4) is 17.6 Å². The molecule has 1 rings (SSSR count). The summed E-state index contributed by atoms with van der Waals surface area (Å²) in [5.41, 5.74) is 1.61. The van der Waals surface area contributed by atoms with Gasteiger partial charge in [0.2, 0.25) is 0 Å². The van der Waals surface area contributed by atoms with E-state index in [1.807, 2.05) is 24.3 Å². The summed E-state index contributed by atoms with van der Waals surface area (Å²) in [5, 5.41) is 8.79. The minimum absolute atomic E-state index is 0.667. The van der Waals surface area contributed by atoms with Gasteiger partial charge in [-0.2, -0.15) is 5.26 Å². The van der Waals surface area contributed by atoms with E-state index in [0.717, 1.165) is 17.7 Å². The summed E-state index contributed by atoms with van der Waals surface area (Å²) in [6, 6.07) is 7.83. The molecule has 0 N–H and O–H groups in total. The number of nitriles is 1. The van der Waals surface area contributed by atoms with Gasteiger partial charge in [0.05, 0.1) is 19.8 Å². The van der Waals surface area contributed by atoms with Gasteiger partial charge in [0, 0.05) is 5.57 Å². The Morgan fingerprint density at radius 3 is 2.70 bits per heavy atom. The molecule has 108 valence electrons. The molecule has 0 saturated heterocycles. The van der Waals surface area contributed by atoms with Crippen molar-refractivity contribution in [2.45, 2.75) is 39.5 Å². The lowest BCUT2D eigenvalue weighted by Crippen LogP contribution is -1.99. The number of ether oxygens (including phenoxy) is 2. The fourth-order valence-electron chi connectivity index (χ4n) is 1.89. The fourth-order valence-corrected chi connectivity index (χ4v) is 1.89. The highest BCUT2D eigenvalue weighted by atomic mass is 16.5. The molecule has 3 heteroatoms. The molecule has 0 aliphatic rings. The van der Waals surface area contributed by atoms with Crippen molar-refractivity contribution in [3.05, 3.63) is 29.3 Å². The second-order valence-corrected chi connectivity index (χ2v) is 4.76. The molecule has 0 atom stereocenters. The van der Waals surface area contributed by atoms with Crippen LogP contribution in [0.2, 0.25) is 0 Å². The third kappa shape index (κ3) is 5.36. The van der Waals surface area contributed by atoms with E-state index in [2.05, 4.69) is 13.0 Å². The molecule has 0 saturated carbocycles. The molecular formula is C17H23NO2. The predicted molar refractivity (Wildman–Crippen MR) is 81.9 cm³/mol. The molecule has 3 nitrogen and oxygen atoms in total. The van der Waals surface area contributed by atoms with Crippen LogP contribution in [-0.4, -0.2) is 13.7 Å². The summed E-state index contributed by atoms with van der Waals surface area (Å²) in [6.07, 6.45) is 6.56. The van der Waals surface area contributed by atoms with Crippen LogP contribution in [0.4, 0.5) is 0 Å². The van der Waals surface area contributed by atoms with E-state index < -0.39 is 0 Å². The third-order valence-electron chi connectivity index (χ3n) is 3.00. The Labute approximate surface area is 121 Å². The first-order valence-electron chi connectivity index (χ1n) is 7.10. The first-order valence-corrected chi connectivity index (χ1v) is 7.10. The van der Waals surface area contributed by atoms with Gasteiger partial charge >= 0.3 is 0 Å². The normalized spacial score (nSPS) is 11.0. The highest BCUT2D eigenvalue weighted by molar-refractivity contribution is 5.60. The number of nitrogens with zero attached hydrogens (tertiary/aromatic N) is 1. The maximum absolute atomic E-state index is 8.79. The Morgan fingerprint density at radius 2 is 2.05 bits per heavy atom. The number of unbranched alkanes of at least 4 members (excludes halogenated alkanes) is 3. The molecule has 0 aliphatic heterocycles. The van der Waals surface area contributed by atoms with Crippen molar-refractivity contribution in [1.82, 2.24) is 0 Å². The van der Waals surface area contributed by atoms with Crippen molar-refractivity contribution in [2.75, 3.05) is 13.7 Å². The van der Waals surface area contributed by atoms with Crippen LogP contribution in [0.1, 0.15) is 45.1 Å². The Morgan fingerprint density at radius 1 is 1.25 bits per heavy atom. The molecule has 1 aromatic carbocycles. The molecule has 1 aromatic rings. The smallest absolute Gasteiger partial charge is 0.161 e. The van der Waals surface area contributed by atoms with Crippen molar-refractivity contribution < 1.29 is 9.47 Å². The zero-order valence-corrected chi connectivity index (χ0v) is 12.6. The van der Waals surface area contributed by atoms with Gasteiger partial charge in [0.25, 0.3) is 0 Å². The van der Waals surface area contributed by atoms with Crippen LogP contribution in [0.5, 0.6) is 11.5 Å². The quantitative estimate of drug-likeness (QED) is 0.514. The molecule has 0 aromatic heterocycles. The monoisotopic (exact) mass is 273 g/mol. The molecule has 0 spiro atoms. The van der Waals surface area contributed by atoms with E-state index in [1.54, 1.807) is 14.0 Å². The van der Waals surface area contributed by atoms with Crippen LogP contribution in [0.15, 0.2) is 23.8 Å². The van der Waals surface area contributed by atoms with Gasteiger partial charge < -0.3 is 9.47 Å². The SMILES string of the molecule is CCCCCCOc1ccc(/C=C(/C)C#N)cc1OC. The minimum atomic E-state index is 0.667. The summed E-state index contributed by atoms with van der Waals surface area (Å²) in [4.78, 5) is 0. The average Bonchev–Trinajstić information content (AvgIpc) is 2.47. The van der Waals surface area contributed by atoms with E-state index in [9.17, 15) is 0 Å².